The molecule has 2 heterocycles. The van der Waals surface area contributed by atoms with E-state index in [-0.39, 0.29) is 0 Å². The van der Waals surface area contributed by atoms with Gasteiger partial charge in [-0.05, 0) is 23.8 Å². The Morgan fingerprint density at radius 1 is 1.30 bits per heavy atom. The normalized spacial score (nSPS) is 10.9. The summed E-state index contributed by atoms with van der Waals surface area (Å²) in [6.45, 7) is 0.514. The van der Waals surface area contributed by atoms with E-state index in [0.717, 1.165) is 28.0 Å². The largest absolute Gasteiger partial charge is 0.494 e. The van der Waals surface area contributed by atoms with Crippen molar-refractivity contribution >= 4 is 11.0 Å². The summed E-state index contributed by atoms with van der Waals surface area (Å²) in [5.74, 6) is 1.57. The molecule has 0 unspecified atom stereocenters. The number of imidazole rings is 1. The molecule has 20 heavy (non-hydrogen) atoms. The Kier molecular flexibility index (Phi) is 3.12. The number of hydrogen-bond acceptors (Lipinski definition) is 4. The van der Waals surface area contributed by atoms with Crippen LogP contribution in [-0.2, 0) is 13.6 Å². The summed E-state index contributed by atoms with van der Waals surface area (Å²) in [6.07, 6.45) is 3.43. The van der Waals surface area contributed by atoms with Gasteiger partial charge in [0.1, 0.15) is 11.6 Å². The molecule has 5 nitrogen and oxygen atoms in total. The van der Waals surface area contributed by atoms with Crippen LogP contribution in [0.2, 0.25) is 0 Å². The summed E-state index contributed by atoms with van der Waals surface area (Å²) in [5.41, 5.74) is 9.68. The van der Waals surface area contributed by atoms with Crippen molar-refractivity contribution in [3.05, 3.63) is 42.2 Å². The summed E-state index contributed by atoms with van der Waals surface area (Å²) in [5, 5.41) is 0. The number of ether oxygens (including phenoxy) is 1. The second-order valence-corrected chi connectivity index (χ2v) is 4.60. The van der Waals surface area contributed by atoms with E-state index in [4.69, 9.17) is 15.5 Å². The number of nitrogens with two attached hydrogens (primary N) is 1. The molecule has 0 amide bonds. The Hall–Kier alpha value is -2.40. The fourth-order valence-electron chi connectivity index (χ4n) is 2.34. The molecule has 0 aliphatic carbocycles. The predicted octanol–water partition coefficient (Wildman–Crippen LogP) is 2.10. The average Bonchev–Trinajstić information content (AvgIpc) is 2.83. The van der Waals surface area contributed by atoms with Crippen molar-refractivity contribution < 1.29 is 4.74 Å². The first kappa shape index (κ1) is 12.6. The van der Waals surface area contributed by atoms with Gasteiger partial charge in [0.25, 0.3) is 0 Å². The fourth-order valence-corrected chi connectivity index (χ4v) is 2.34. The maximum atomic E-state index is 5.68. The van der Waals surface area contributed by atoms with Crippen molar-refractivity contribution in [2.24, 2.45) is 12.8 Å². The number of benzene rings is 1. The van der Waals surface area contributed by atoms with E-state index >= 15 is 0 Å². The second kappa shape index (κ2) is 4.94. The lowest BCUT2D eigenvalue weighted by atomic mass is 10.2. The molecule has 1 aromatic carbocycles. The van der Waals surface area contributed by atoms with Gasteiger partial charge in [-0.25, -0.2) is 4.98 Å². The first-order valence-electron chi connectivity index (χ1n) is 6.38. The molecule has 2 N–H and O–H groups in total. The summed E-state index contributed by atoms with van der Waals surface area (Å²) in [6, 6.07) is 8.00. The van der Waals surface area contributed by atoms with E-state index in [1.54, 1.807) is 19.5 Å². The Morgan fingerprint density at radius 2 is 2.15 bits per heavy atom. The highest BCUT2D eigenvalue weighted by Crippen LogP contribution is 2.30. The molecule has 0 radical (unpaired) electrons. The van der Waals surface area contributed by atoms with Gasteiger partial charge in [-0.15, -0.1) is 0 Å². The highest BCUT2D eigenvalue weighted by atomic mass is 16.5. The van der Waals surface area contributed by atoms with Gasteiger partial charge in [0.2, 0.25) is 0 Å². The van der Waals surface area contributed by atoms with Crippen LogP contribution in [0.15, 0.2) is 36.7 Å². The molecule has 3 aromatic rings. The van der Waals surface area contributed by atoms with E-state index in [1.807, 2.05) is 35.9 Å². The highest BCUT2D eigenvalue weighted by Gasteiger charge is 2.14. The number of aryl methyl sites for hydroxylation is 1. The Bertz CT molecular complexity index is 764. The van der Waals surface area contributed by atoms with Crippen molar-refractivity contribution in [3.63, 3.8) is 0 Å². The SMILES string of the molecule is COc1cnccc1-c1nc2cc(CN)ccc2n1C. The smallest absolute Gasteiger partial charge is 0.148 e. The Labute approximate surface area is 117 Å². The molecule has 102 valence electrons. The molecule has 0 atom stereocenters. The van der Waals surface area contributed by atoms with Crippen LogP contribution in [0.25, 0.3) is 22.4 Å². The number of fused-ring (bicyclic) bond motifs is 1. The van der Waals surface area contributed by atoms with Crippen molar-refractivity contribution in [3.8, 4) is 17.1 Å². The molecule has 0 saturated carbocycles. The molecule has 2 aromatic heterocycles. The number of methoxy groups -OCH3 is 1. The van der Waals surface area contributed by atoms with Crippen LogP contribution >= 0.6 is 0 Å². The third-order valence-corrected chi connectivity index (χ3v) is 3.43. The standard InChI is InChI=1S/C15H16N4O/c1-19-13-4-3-10(8-16)7-12(13)18-15(19)11-5-6-17-9-14(11)20-2/h3-7,9H,8,16H2,1-2H3. The number of pyridine rings is 1. The van der Waals surface area contributed by atoms with E-state index in [2.05, 4.69) is 4.98 Å². The van der Waals surface area contributed by atoms with Gasteiger partial charge < -0.3 is 15.0 Å². The van der Waals surface area contributed by atoms with E-state index in [1.165, 1.54) is 0 Å². The molecule has 0 aliphatic rings. The summed E-state index contributed by atoms with van der Waals surface area (Å²) < 4.78 is 7.41. The summed E-state index contributed by atoms with van der Waals surface area (Å²) >= 11 is 0. The van der Waals surface area contributed by atoms with Gasteiger partial charge in [0.15, 0.2) is 0 Å². The Morgan fingerprint density at radius 3 is 2.90 bits per heavy atom. The molecule has 3 rings (SSSR count). The minimum Gasteiger partial charge on any atom is -0.494 e. The van der Waals surface area contributed by atoms with E-state index in [0.29, 0.717) is 12.3 Å². The van der Waals surface area contributed by atoms with Gasteiger partial charge in [0, 0.05) is 19.8 Å². The fraction of sp³-hybridized carbons (Fsp3) is 0.200. The summed E-state index contributed by atoms with van der Waals surface area (Å²) in [7, 11) is 3.63. The third-order valence-electron chi connectivity index (χ3n) is 3.43. The maximum Gasteiger partial charge on any atom is 0.148 e. The van der Waals surface area contributed by atoms with Crippen LogP contribution in [-0.4, -0.2) is 21.6 Å². The first-order valence-corrected chi connectivity index (χ1v) is 6.38. The molecule has 0 aliphatic heterocycles. The van der Waals surface area contributed by atoms with Crippen LogP contribution in [0.3, 0.4) is 0 Å². The third kappa shape index (κ3) is 1.92. The molecular weight excluding hydrogens is 252 g/mol. The number of hydrogen-bond donors (Lipinski definition) is 1. The van der Waals surface area contributed by atoms with Crippen molar-refractivity contribution in [1.82, 2.24) is 14.5 Å². The van der Waals surface area contributed by atoms with E-state index < -0.39 is 0 Å². The topological polar surface area (TPSA) is 66.0 Å². The number of nitrogens with zero attached hydrogens (tertiary/aromatic N) is 3. The van der Waals surface area contributed by atoms with Gasteiger partial charge in [0.05, 0.1) is 29.9 Å². The van der Waals surface area contributed by atoms with Crippen LogP contribution < -0.4 is 10.5 Å². The average molecular weight is 268 g/mol. The lowest BCUT2D eigenvalue weighted by Gasteiger charge is -2.07. The van der Waals surface area contributed by atoms with Crippen molar-refractivity contribution in [2.45, 2.75) is 6.54 Å². The molecule has 5 heteroatoms. The predicted molar refractivity (Wildman–Crippen MR) is 78.4 cm³/mol. The van der Waals surface area contributed by atoms with Crippen molar-refractivity contribution in [2.75, 3.05) is 7.11 Å². The molecule has 0 fully saturated rings. The lowest BCUT2D eigenvalue weighted by molar-refractivity contribution is 0.414. The van der Waals surface area contributed by atoms with Gasteiger partial charge in [-0.2, -0.15) is 0 Å². The quantitative estimate of drug-likeness (QED) is 0.790. The minimum absolute atomic E-state index is 0.514. The van der Waals surface area contributed by atoms with Gasteiger partial charge in [-0.1, -0.05) is 6.07 Å². The zero-order chi connectivity index (χ0) is 14.1. The highest BCUT2D eigenvalue weighted by molar-refractivity contribution is 5.82. The minimum atomic E-state index is 0.514. The second-order valence-electron chi connectivity index (χ2n) is 4.60. The zero-order valence-corrected chi connectivity index (χ0v) is 11.5. The lowest BCUT2D eigenvalue weighted by Crippen LogP contribution is -1.96. The molecule has 0 spiro atoms. The first-order chi connectivity index (χ1) is 9.74. The monoisotopic (exact) mass is 268 g/mol. The van der Waals surface area contributed by atoms with E-state index in [9.17, 15) is 0 Å². The number of rotatable bonds is 3. The molecular formula is C15H16N4O. The maximum absolute atomic E-state index is 5.68. The summed E-state index contributed by atoms with van der Waals surface area (Å²) in [4.78, 5) is 8.77. The van der Waals surface area contributed by atoms with Gasteiger partial charge in [-0.3, -0.25) is 4.98 Å². The molecule has 0 bridgehead atoms. The van der Waals surface area contributed by atoms with Crippen LogP contribution in [0.4, 0.5) is 0 Å². The van der Waals surface area contributed by atoms with Crippen LogP contribution in [0.1, 0.15) is 5.56 Å². The van der Waals surface area contributed by atoms with Crippen molar-refractivity contribution in [1.29, 1.82) is 0 Å². The van der Waals surface area contributed by atoms with Gasteiger partial charge >= 0.3 is 0 Å². The zero-order valence-electron chi connectivity index (χ0n) is 11.5. The van der Waals surface area contributed by atoms with Crippen LogP contribution in [0.5, 0.6) is 5.75 Å². The Balaban J connectivity index is 2.23. The molecule has 0 saturated heterocycles. The van der Waals surface area contributed by atoms with Crippen LogP contribution in [0, 0.1) is 0 Å². The number of aromatic nitrogens is 3.